The third-order valence-electron chi connectivity index (χ3n) is 6.09. The fourth-order valence-corrected chi connectivity index (χ4v) is 4.64. The average molecular weight is 394 g/mol. The van der Waals surface area contributed by atoms with E-state index >= 15 is 0 Å². The van der Waals surface area contributed by atoms with Crippen molar-refractivity contribution in [3.05, 3.63) is 77.6 Å². The van der Waals surface area contributed by atoms with Crippen LogP contribution in [0.4, 0.5) is 0 Å². The molecule has 0 radical (unpaired) electrons. The van der Waals surface area contributed by atoms with E-state index < -0.39 is 0 Å². The van der Waals surface area contributed by atoms with Gasteiger partial charge < -0.3 is 0 Å². The van der Waals surface area contributed by atoms with Gasteiger partial charge in [0.15, 0.2) is 0 Å². The van der Waals surface area contributed by atoms with E-state index in [9.17, 15) is 0 Å². The molecule has 3 heterocycles. The first-order valence-corrected chi connectivity index (χ1v) is 10.7. The van der Waals surface area contributed by atoms with E-state index in [1.54, 1.807) is 0 Å². The number of aryl methyl sites for hydroxylation is 1. The first kappa shape index (κ1) is 18.8. The first-order chi connectivity index (χ1) is 14.5. The molecule has 2 aromatic carbocycles. The molecule has 5 rings (SSSR count). The van der Waals surface area contributed by atoms with Crippen LogP contribution < -0.4 is 0 Å². The molecule has 5 aromatic rings. The van der Waals surface area contributed by atoms with Crippen molar-refractivity contribution in [1.82, 2.24) is 14.4 Å². The second-order valence-electron chi connectivity index (χ2n) is 8.84. The summed E-state index contributed by atoms with van der Waals surface area (Å²) < 4.78 is 2.31. The Bertz CT molecular complexity index is 1380. The minimum absolute atomic E-state index is 0.428. The highest BCUT2D eigenvalue weighted by Crippen LogP contribution is 2.39. The summed E-state index contributed by atoms with van der Waals surface area (Å²) >= 11 is 0. The molecule has 0 amide bonds. The van der Waals surface area contributed by atoms with E-state index in [0.717, 1.165) is 33.1 Å². The summed E-state index contributed by atoms with van der Waals surface area (Å²) in [6.07, 6.45) is 3.93. The van der Waals surface area contributed by atoms with Crippen molar-refractivity contribution in [2.75, 3.05) is 0 Å². The third-order valence-corrected chi connectivity index (χ3v) is 6.09. The second kappa shape index (κ2) is 6.94. The number of hydrogen-bond acceptors (Lipinski definition) is 2. The van der Waals surface area contributed by atoms with Crippen LogP contribution in [0.5, 0.6) is 0 Å². The van der Waals surface area contributed by atoms with Crippen molar-refractivity contribution in [3.63, 3.8) is 0 Å². The summed E-state index contributed by atoms with van der Waals surface area (Å²) in [5.74, 6) is 0.855. The monoisotopic (exact) mass is 393 g/mol. The lowest BCUT2D eigenvalue weighted by molar-refractivity contribution is 0.836. The molecule has 0 fully saturated rings. The van der Waals surface area contributed by atoms with Gasteiger partial charge in [0.25, 0.3) is 0 Å². The van der Waals surface area contributed by atoms with Crippen molar-refractivity contribution in [2.24, 2.45) is 0 Å². The fourth-order valence-electron chi connectivity index (χ4n) is 4.64. The van der Waals surface area contributed by atoms with E-state index in [0.29, 0.717) is 11.8 Å². The summed E-state index contributed by atoms with van der Waals surface area (Å²) in [5, 5.41) is 2.31. The summed E-state index contributed by atoms with van der Waals surface area (Å²) in [6, 6.07) is 17.5. The number of rotatable bonds is 3. The number of nitrogens with zero attached hydrogens (tertiary/aromatic N) is 3. The normalized spacial score (nSPS) is 12.1. The van der Waals surface area contributed by atoms with Crippen LogP contribution >= 0.6 is 0 Å². The Balaban J connectivity index is 2.00. The predicted molar refractivity (Wildman–Crippen MR) is 126 cm³/mol. The highest BCUT2D eigenvalue weighted by molar-refractivity contribution is 6.10. The van der Waals surface area contributed by atoms with E-state index in [2.05, 4.69) is 81.5 Å². The van der Waals surface area contributed by atoms with Gasteiger partial charge >= 0.3 is 0 Å². The second-order valence-corrected chi connectivity index (χ2v) is 8.84. The molecule has 0 saturated heterocycles. The zero-order valence-corrected chi connectivity index (χ0v) is 18.3. The summed E-state index contributed by atoms with van der Waals surface area (Å²) in [7, 11) is 0. The molecule has 0 unspecified atom stereocenters. The van der Waals surface area contributed by atoms with E-state index in [-0.39, 0.29) is 0 Å². The Labute approximate surface area is 177 Å². The minimum Gasteiger partial charge on any atom is -0.290 e. The molecule has 0 spiro atoms. The van der Waals surface area contributed by atoms with Crippen LogP contribution in [0.15, 0.2) is 60.9 Å². The molecule has 0 N–H and O–H groups in total. The highest BCUT2D eigenvalue weighted by atomic mass is 15.0. The molecule has 30 heavy (non-hydrogen) atoms. The molecule has 0 atom stereocenters. The SMILES string of the molecule is Cc1ccc2c(c1)c1ncccc1n1c(-c3c(C(C)C)cccc3C(C)C)cnc21. The Morgan fingerprint density at radius 3 is 2.23 bits per heavy atom. The van der Waals surface area contributed by atoms with Gasteiger partial charge in [-0.2, -0.15) is 0 Å². The summed E-state index contributed by atoms with van der Waals surface area (Å²) in [6.45, 7) is 11.2. The van der Waals surface area contributed by atoms with Crippen molar-refractivity contribution >= 4 is 27.5 Å². The lowest BCUT2D eigenvalue weighted by atomic mass is 9.87. The zero-order valence-electron chi connectivity index (χ0n) is 18.3. The maximum absolute atomic E-state index is 4.94. The van der Waals surface area contributed by atoms with E-state index in [4.69, 9.17) is 9.97 Å². The molecule has 0 saturated carbocycles. The van der Waals surface area contributed by atoms with Gasteiger partial charge in [-0.1, -0.05) is 63.6 Å². The highest BCUT2D eigenvalue weighted by Gasteiger charge is 2.21. The average Bonchev–Trinajstić information content (AvgIpc) is 3.18. The molecular formula is C27H27N3. The Morgan fingerprint density at radius 1 is 0.800 bits per heavy atom. The van der Waals surface area contributed by atoms with Gasteiger partial charge in [-0.05, 0) is 48.1 Å². The van der Waals surface area contributed by atoms with Crippen molar-refractivity contribution in [3.8, 4) is 11.3 Å². The standard InChI is InChI=1S/C27H27N3/c1-16(2)19-8-6-9-20(17(3)4)25(19)24-15-29-27-21-12-11-18(5)14-22(21)26-23(30(24)27)10-7-13-28-26/h6-17H,1-5H3. The number of fused-ring (bicyclic) bond motifs is 6. The fraction of sp³-hybridized carbons (Fsp3) is 0.259. The van der Waals surface area contributed by atoms with E-state index in [1.807, 2.05) is 18.5 Å². The molecular weight excluding hydrogens is 366 g/mol. The predicted octanol–water partition coefficient (Wildman–Crippen LogP) is 7.26. The van der Waals surface area contributed by atoms with Crippen LogP contribution in [0.25, 0.3) is 38.7 Å². The van der Waals surface area contributed by atoms with Crippen molar-refractivity contribution in [1.29, 1.82) is 0 Å². The zero-order chi connectivity index (χ0) is 21.0. The van der Waals surface area contributed by atoms with Gasteiger partial charge in [-0.15, -0.1) is 0 Å². The molecule has 0 aliphatic heterocycles. The number of hydrogen-bond donors (Lipinski definition) is 0. The molecule has 3 nitrogen and oxygen atoms in total. The molecule has 0 bridgehead atoms. The smallest absolute Gasteiger partial charge is 0.145 e. The van der Waals surface area contributed by atoms with Gasteiger partial charge in [0.1, 0.15) is 5.65 Å². The summed E-state index contributed by atoms with van der Waals surface area (Å²) in [4.78, 5) is 9.72. The quantitative estimate of drug-likeness (QED) is 0.302. The maximum atomic E-state index is 4.94. The lowest BCUT2D eigenvalue weighted by Gasteiger charge is -2.20. The first-order valence-electron chi connectivity index (χ1n) is 10.7. The third kappa shape index (κ3) is 2.72. The molecule has 150 valence electrons. The van der Waals surface area contributed by atoms with Crippen LogP contribution in [0.2, 0.25) is 0 Å². The van der Waals surface area contributed by atoms with Gasteiger partial charge in [0.2, 0.25) is 0 Å². The lowest BCUT2D eigenvalue weighted by Crippen LogP contribution is -2.03. The van der Waals surface area contributed by atoms with Crippen molar-refractivity contribution < 1.29 is 0 Å². The van der Waals surface area contributed by atoms with Gasteiger partial charge in [0, 0.05) is 22.5 Å². The van der Waals surface area contributed by atoms with Crippen LogP contribution in [0.3, 0.4) is 0 Å². The Kier molecular flexibility index (Phi) is 4.35. The molecule has 3 heteroatoms. The molecule has 0 aliphatic carbocycles. The summed E-state index contributed by atoms with van der Waals surface area (Å²) in [5.41, 5.74) is 9.55. The minimum atomic E-state index is 0.428. The number of aromatic nitrogens is 3. The molecule has 0 aliphatic rings. The number of pyridine rings is 2. The van der Waals surface area contributed by atoms with Crippen LogP contribution in [-0.4, -0.2) is 14.4 Å². The Morgan fingerprint density at radius 2 is 1.53 bits per heavy atom. The van der Waals surface area contributed by atoms with Crippen molar-refractivity contribution in [2.45, 2.75) is 46.5 Å². The molecule has 3 aromatic heterocycles. The number of imidazole rings is 1. The van der Waals surface area contributed by atoms with Gasteiger partial charge in [-0.25, -0.2) is 4.98 Å². The largest absolute Gasteiger partial charge is 0.290 e. The van der Waals surface area contributed by atoms with Crippen LogP contribution in [0.1, 0.15) is 56.2 Å². The van der Waals surface area contributed by atoms with Crippen LogP contribution in [-0.2, 0) is 0 Å². The van der Waals surface area contributed by atoms with E-state index in [1.165, 1.54) is 22.3 Å². The maximum Gasteiger partial charge on any atom is 0.145 e. The van der Waals surface area contributed by atoms with Crippen LogP contribution in [0, 0.1) is 6.92 Å². The number of benzene rings is 2. The Hall–Kier alpha value is -3.20. The van der Waals surface area contributed by atoms with Gasteiger partial charge in [0.05, 0.1) is 22.9 Å². The topological polar surface area (TPSA) is 30.2 Å². The van der Waals surface area contributed by atoms with Gasteiger partial charge in [-0.3, -0.25) is 9.38 Å².